The van der Waals surface area contributed by atoms with Gasteiger partial charge in [0.05, 0.1) is 5.92 Å². The summed E-state index contributed by atoms with van der Waals surface area (Å²) in [4.78, 5) is 16.5. The predicted molar refractivity (Wildman–Crippen MR) is 84.6 cm³/mol. The van der Waals surface area contributed by atoms with Gasteiger partial charge in [0.1, 0.15) is 0 Å². The van der Waals surface area contributed by atoms with E-state index in [-0.39, 0.29) is 18.7 Å². The first kappa shape index (κ1) is 17.4. The first-order valence-electron chi connectivity index (χ1n) is 8.11. The molecule has 1 aliphatic carbocycles. The van der Waals surface area contributed by atoms with Gasteiger partial charge in [-0.3, -0.25) is 4.79 Å². The van der Waals surface area contributed by atoms with E-state index >= 15 is 0 Å². The monoisotopic (exact) mass is 353 g/mol. The number of hydrogen-bond acceptors (Lipinski definition) is 4. The third-order valence-electron chi connectivity index (χ3n) is 4.42. The number of benzene rings is 1. The van der Waals surface area contributed by atoms with Crippen LogP contribution in [0.5, 0.6) is 0 Å². The molecular weight excluding hydrogens is 335 g/mol. The maximum Gasteiger partial charge on any atom is 0.391 e. The summed E-state index contributed by atoms with van der Waals surface area (Å²) in [5.74, 6) is -1.59. The van der Waals surface area contributed by atoms with Crippen molar-refractivity contribution in [3.63, 3.8) is 0 Å². The Balaban J connectivity index is 1.69. The van der Waals surface area contributed by atoms with E-state index in [1.807, 2.05) is 0 Å². The molecule has 0 bridgehead atoms. The Morgan fingerprint density at radius 2 is 2.12 bits per heavy atom. The second-order valence-corrected chi connectivity index (χ2v) is 6.31. The zero-order valence-corrected chi connectivity index (χ0v) is 13.6. The number of amides is 1. The van der Waals surface area contributed by atoms with Crippen molar-refractivity contribution in [2.75, 3.05) is 5.32 Å². The van der Waals surface area contributed by atoms with Crippen molar-refractivity contribution >= 4 is 11.6 Å². The molecule has 1 amide bonds. The number of hydrogen-bond donors (Lipinski definition) is 1. The number of anilines is 1. The van der Waals surface area contributed by atoms with Crippen molar-refractivity contribution in [2.24, 2.45) is 11.8 Å². The van der Waals surface area contributed by atoms with Gasteiger partial charge in [0.25, 0.3) is 0 Å². The van der Waals surface area contributed by atoms with E-state index < -0.39 is 18.0 Å². The fraction of sp³-hybridized carbons (Fsp3) is 0.471. The number of rotatable bonds is 3. The number of aryl methyl sites for hydroxylation is 1. The van der Waals surface area contributed by atoms with Gasteiger partial charge in [-0.05, 0) is 31.4 Å². The Hall–Kier alpha value is -2.38. The van der Waals surface area contributed by atoms with E-state index in [1.54, 1.807) is 31.2 Å². The smallest absolute Gasteiger partial charge is 0.339 e. The molecule has 1 aromatic heterocycles. The van der Waals surface area contributed by atoms with Crippen molar-refractivity contribution in [1.29, 1.82) is 0 Å². The van der Waals surface area contributed by atoms with Gasteiger partial charge in [0, 0.05) is 24.1 Å². The molecule has 2 unspecified atom stereocenters. The molecule has 1 N–H and O–H groups in total. The summed E-state index contributed by atoms with van der Waals surface area (Å²) in [5, 5.41) is 6.52. The lowest BCUT2D eigenvalue weighted by Crippen LogP contribution is -2.34. The lowest BCUT2D eigenvalue weighted by Gasteiger charge is -2.29. The molecule has 1 fully saturated rings. The molecule has 134 valence electrons. The van der Waals surface area contributed by atoms with Gasteiger partial charge in [-0.2, -0.15) is 18.2 Å². The average Bonchev–Trinajstić information content (AvgIpc) is 3.01. The number of carbonyl (C=O) groups is 1. The van der Waals surface area contributed by atoms with E-state index in [9.17, 15) is 18.0 Å². The first-order valence-corrected chi connectivity index (χ1v) is 8.11. The number of halogens is 3. The number of nitrogens with one attached hydrogen (secondary N) is 1. The van der Waals surface area contributed by atoms with Gasteiger partial charge in [0.15, 0.2) is 0 Å². The predicted octanol–water partition coefficient (Wildman–Crippen LogP) is 4.35. The average molecular weight is 353 g/mol. The summed E-state index contributed by atoms with van der Waals surface area (Å²) in [5.41, 5.74) is 1.16. The van der Waals surface area contributed by atoms with E-state index in [4.69, 9.17) is 4.52 Å². The number of nitrogens with zero attached hydrogens (tertiary/aromatic N) is 2. The molecule has 5 nitrogen and oxygen atoms in total. The van der Waals surface area contributed by atoms with Crippen LogP contribution in [-0.4, -0.2) is 22.2 Å². The van der Waals surface area contributed by atoms with Gasteiger partial charge in [0.2, 0.25) is 17.6 Å². The number of aromatic nitrogens is 2. The fourth-order valence-electron chi connectivity index (χ4n) is 3.12. The van der Waals surface area contributed by atoms with Crippen LogP contribution in [0.25, 0.3) is 11.4 Å². The molecule has 1 saturated carbocycles. The largest absolute Gasteiger partial charge is 0.391 e. The second kappa shape index (κ2) is 6.85. The van der Waals surface area contributed by atoms with E-state index in [0.717, 1.165) is 0 Å². The third kappa shape index (κ3) is 4.18. The minimum atomic E-state index is -4.24. The van der Waals surface area contributed by atoms with Gasteiger partial charge in [-0.15, -0.1) is 0 Å². The van der Waals surface area contributed by atoms with Crippen LogP contribution in [0.1, 0.15) is 31.6 Å². The van der Waals surface area contributed by atoms with Crippen molar-refractivity contribution < 1.29 is 22.5 Å². The fourth-order valence-corrected chi connectivity index (χ4v) is 3.12. The van der Waals surface area contributed by atoms with Crippen LogP contribution in [-0.2, 0) is 4.79 Å². The maximum atomic E-state index is 12.9. The molecule has 0 saturated heterocycles. The standard InChI is InChI=1S/C17H18F3N3O2/c1-10-21-15(23-25-10)11-4-3-7-14(9-11)22-16(24)12-5-2-6-13(8-12)17(18,19)20/h3-4,7,9,12-13H,2,5-6,8H2,1H3,(H,22,24). The van der Waals surface area contributed by atoms with Crippen molar-refractivity contribution in [3.8, 4) is 11.4 Å². The van der Waals surface area contributed by atoms with Crippen LogP contribution in [0.4, 0.5) is 18.9 Å². The maximum absolute atomic E-state index is 12.9. The van der Waals surface area contributed by atoms with Crippen LogP contribution >= 0.6 is 0 Å². The number of carbonyl (C=O) groups excluding carboxylic acids is 1. The zero-order valence-electron chi connectivity index (χ0n) is 13.6. The molecule has 8 heteroatoms. The Kier molecular flexibility index (Phi) is 4.78. The molecule has 0 radical (unpaired) electrons. The SMILES string of the molecule is Cc1nc(-c2cccc(NC(=O)C3CCCC(C(F)(F)F)C3)c2)no1. The van der Waals surface area contributed by atoms with E-state index in [2.05, 4.69) is 15.5 Å². The molecule has 1 aliphatic rings. The highest BCUT2D eigenvalue weighted by atomic mass is 19.4. The molecule has 3 rings (SSSR count). The van der Waals surface area contributed by atoms with Crippen molar-refractivity contribution in [3.05, 3.63) is 30.2 Å². The highest BCUT2D eigenvalue weighted by Gasteiger charge is 2.43. The van der Waals surface area contributed by atoms with Crippen molar-refractivity contribution in [2.45, 2.75) is 38.8 Å². The van der Waals surface area contributed by atoms with Crippen LogP contribution in [0.3, 0.4) is 0 Å². The molecule has 0 aliphatic heterocycles. The summed E-state index contributed by atoms with van der Waals surface area (Å²) >= 11 is 0. The Labute approximate surface area is 142 Å². The summed E-state index contributed by atoms with van der Waals surface area (Å²) in [6, 6.07) is 6.83. The summed E-state index contributed by atoms with van der Waals surface area (Å²) < 4.78 is 43.6. The zero-order chi connectivity index (χ0) is 18.0. The lowest BCUT2D eigenvalue weighted by molar-refractivity contribution is -0.185. The lowest BCUT2D eigenvalue weighted by atomic mass is 9.80. The van der Waals surface area contributed by atoms with Crippen LogP contribution in [0.2, 0.25) is 0 Å². The van der Waals surface area contributed by atoms with Gasteiger partial charge < -0.3 is 9.84 Å². The molecule has 25 heavy (non-hydrogen) atoms. The Bertz CT molecular complexity index is 758. The summed E-state index contributed by atoms with van der Waals surface area (Å²) in [7, 11) is 0. The normalized spacial score (nSPS) is 21.1. The van der Waals surface area contributed by atoms with Gasteiger partial charge in [-0.25, -0.2) is 0 Å². The van der Waals surface area contributed by atoms with E-state index in [1.165, 1.54) is 0 Å². The quantitative estimate of drug-likeness (QED) is 0.891. The molecule has 1 aromatic carbocycles. The van der Waals surface area contributed by atoms with Crippen LogP contribution in [0, 0.1) is 18.8 Å². The topological polar surface area (TPSA) is 68.0 Å². The molecule has 2 aromatic rings. The molecule has 1 heterocycles. The highest BCUT2D eigenvalue weighted by molar-refractivity contribution is 5.93. The van der Waals surface area contributed by atoms with Crippen LogP contribution < -0.4 is 5.32 Å². The van der Waals surface area contributed by atoms with E-state index in [0.29, 0.717) is 35.8 Å². The third-order valence-corrected chi connectivity index (χ3v) is 4.42. The van der Waals surface area contributed by atoms with Crippen LogP contribution in [0.15, 0.2) is 28.8 Å². The second-order valence-electron chi connectivity index (χ2n) is 6.31. The molecule has 0 spiro atoms. The van der Waals surface area contributed by atoms with Crippen molar-refractivity contribution in [1.82, 2.24) is 10.1 Å². The summed E-state index contributed by atoms with van der Waals surface area (Å²) in [6.45, 7) is 1.67. The first-order chi connectivity index (χ1) is 11.8. The Morgan fingerprint density at radius 3 is 2.80 bits per heavy atom. The molecule has 2 atom stereocenters. The summed E-state index contributed by atoms with van der Waals surface area (Å²) in [6.07, 6.45) is -3.42. The minimum absolute atomic E-state index is 0.0972. The van der Waals surface area contributed by atoms with Gasteiger partial charge >= 0.3 is 6.18 Å². The Morgan fingerprint density at radius 1 is 1.32 bits per heavy atom. The number of alkyl halides is 3. The highest BCUT2D eigenvalue weighted by Crippen LogP contribution is 2.40. The molecular formula is C17H18F3N3O2. The van der Waals surface area contributed by atoms with Gasteiger partial charge in [-0.1, -0.05) is 23.7 Å². The minimum Gasteiger partial charge on any atom is -0.339 e.